The molecule has 1 saturated carbocycles. The third-order valence-corrected chi connectivity index (χ3v) is 6.30. The summed E-state index contributed by atoms with van der Waals surface area (Å²) in [6.45, 7) is 1.95. The van der Waals surface area contributed by atoms with Crippen LogP contribution in [-0.2, 0) is 5.41 Å². The number of guanidine groups is 1. The average molecular weight is 338 g/mol. The number of hydrogen-bond donors (Lipinski definition) is 2. The van der Waals surface area contributed by atoms with Gasteiger partial charge in [-0.2, -0.15) is 11.8 Å². The first-order valence-electron chi connectivity index (χ1n) is 8.04. The number of nitrogens with zero attached hydrogens (tertiary/aromatic N) is 1. The van der Waals surface area contributed by atoms with Crippen molar-refractivity contribution in [2.24, 2.45) is 4.99 Å². The van der Waals surface area contributed by atoms with Crippen molar-refractivity contribution in [3.63, 3.8) is 0 Å². The van der Waals surface area contributed by atoms with Crippen molar-refractivity contribution in [3.05, 3.63) is 34.9 Å². The second kappa shape index (κ2) is 7.14. The van der Waals surface area contributed by atoms with Gasteiger partial charge in [0, 0.05) is 35.8 Å². The van der Waals surface area contributed by atoms with Crippen LogP contribution in [0.1, 0.15) is 31.2 Å². The van der Waals surface area contributed by atoms with E-state index in [0.29, 0.717) is 0 Å². The molecule has 1 saturated heterocycles. The molecule has 2 fully saturated rings. The number of rotatable bonds is 5. The van der Waals surface area contributed by atoms with E-state index in [1.165, 1.54) is 37.0 Å². The molecule has 120 valence electrons. The fourth-order valence-electron chi connectivity index (χ4n) is 3.01. The molecule has 1 atom stereocenters. The fourth-order valence-corrected chi connectivity index (χ4v) is 4.34. The van der Waals surface area contributed by atoms with Gasteiger partial charge in [0.25, 0.3) is 0 Å². The van der Waals surface area contributed by atoms with Crippen molar-refractivity contribution < 1.29 is 0 Å². The van der Waals surface area contributed by atoms with Gasteiger partial charge in [-0.05, 0) is 49.1 Å². The van der Waals surface area contributed by atoms with Crippen molar-refractivity contribution >= 4 is 29.3 Å². The van der Waals surface area contributed by atoms with E-state index in [1.54, 1.807) is 0 Å². The zero-order valence-electron chi connectivity index (χ0n) is 13.1. The number of halogens is 1. The largest absolute Gasteiger partial charge is 0.356 e. The summed E-state index contributed by atoms with van der Waals surface area (Å²) < 4.78 is 0. The highest BCUT2D eigenvalue weighted by atomic mass is 35.5. The summed E-state index contributed by atoms with van der Waals surface area (Å²) >= 11 is 8.06. The molecule has 2 N–H and O–H groups in total. The summed E-state index contributed by atoms with van der Waals surface area (Å²) in [6.07, 6.45) is 5.14. The zero-order valence-corrected chi connectivity index (χ0v) is 14.6. The molecule has 1 aromatic carbocycles. The number of hydrogen-bond acceptors (Lipinski definition) is 2. The molecule has 3 nitrogen and oxygen atoms in total. The Kier molecular flexibility index (Phi) is 5.19. The highest BCUT2D eigenvalue weighted by Crippen LogP contribution is 2.47. The van der Waals surface area contributed by atoms with Gasteiger partial charge in [0.05, 0.1) is 0 Å². The van der Waals surface area contributed by atoms with E-state index in [2.05, 4.69) is 39.5 Å². The van der Waals surface area contributed by atoms with Crippen molar-refractivity contribution in [3.8, 4) is 0 Å². The molecule has 0 spiro atoms. The van der Waals surface area contributed by atoms with Gasteiger partial charge in [-0.1, -0.05) is 23.7 Å². The smallest absolute Gasteiger partial charge is 0.191 e. The molecular formula is C17H24ClN3S. The Morgan fingerprint density at radius 2 is 2.09 bits per heavy atom. The van der Waals surface area contributed by atoms with Gasteiger partial charge in [-0.25, -0.2) is 0 Å². The molecule has 0 radical (unpaired) electrons. The Balaban J connectivity index is 1.50. The predicted octanol–water partition coefficient (Wildman–Crippen LogP) is 3.43. The van der Waals surface area contributed by atoms with Crippen LogP contribution in [0, 0.1) is 0 Å². The lowest BCUT2D eigenvalue weighted by molar-refractivity contribution is 0.641. The van der Waals surface area contributed by atoms with E-state index >= 15 is 0 Å². The highest BCUT2D eigenvalue weighted by Gasteiger charge is 2.44. The minimum Gasteiger partial charge on any atom is -0.356 e. The lowest BCUT2D eigenvalue weighted by Gasteiger charge is -2.20. The molecule has 1 aromatic rings. The van der Waals surface area contributed by atoms with Crippen LogP contribution in [0.2, 0.25) is 5.02 Å². The Hall–Kier alpha value is -0.870. The molecule has 0 amide bonds. The van der Waals surface area contributed by atoms with Gasteiger partial charge in [-0.3, -0.25) is 4.99 Å². The van der Waals surface area contributed by atoms with Crippen molar-refractivity contribution in [1.29, 1.82) is 0 Å². The second-order valence-electron chi connectivity index (χ2n) is 6.23. The van der Waals surface area contributed by atoms with E-state index in [-0.39, 0.29) is 5.41 Å². The van der Waals surface area contributed by atoms with Gasteiger partial charge < -0.3 is 10.6 Å². The molecule has 2 aliphatic rings. The second-order valence-corrected chi connectivity index (χ2v) is 8.07. The van der Waals surface area contributed by atoms with Crippen LogP contribution in [0.4, 0.5) is 0 Å². The summed E-state index contributed by atoms with van der Waals surface area (Å²) in [5.41, 5.74) is 1.65. The van der Waals surface area contributed by atoms with Crippen molar-refractivity contribution in [2.45, 2.75) is 36.3 Å². The maximum Gasteiger partial charge on any atom is 0.191 e. The number of nitrogens with one attached hydrogen (secondary N) is 2. The van der Waals surface area contributed by atoms with Crippen LogP contribution in [-0.4, -0.2) is 37.1 Å². The molecule has 3 rings (SSSR count). The molecule has 1 unspecified atom stereocenters. The maximum atomic E-state index is 5.99. The van der Waals surface area contributed by atoms with E-state index in [1.807, 2.05) is 19.2 Å². The molecule has 0 aromatic heterocycles. The van der Waals surface area contributed by atoms with Gasteiger partial charge in [0.2, 0.25) is 0 Å². The predicted molar refractivity (Wildman–Crippen MR) is 97.2 cm³/mol. The normalized spacial score (nSPS) is 23.4. The maximum absolute atomic E-state index is 5.99. The average Bonchev–Trinajstić information content (AvgIpc) is 3.14. The summed E-state index contributed by atoms with van der Waals surface area (Å²) in [4.78, 5) is 4.35. The quantitative estimate of drug-likeness (QED) is 0.638. The van der Waals surface area contributed by atoms with Crippen LogP contribution in [0.25, 0.3) is 0 Å². The third-order valence-electron chi connectivity index (χ3n) is 4.65. The Labute approximate surface area is 142 Å². The summed E-state index contributed by atoms with van der Waals surface area (Å²) in [7, 11) is 1.85. The minimum atomic E-state index is 0.268. The van der Waals surface area contributed by atoms with E-state index < -0.39 is 0 Å². The first-order valence-corrected chi connectivity index (χ1v) is 9.47. The Morgan fingerprint density at radius 3 is 2.68 bits per heavy atom. The third kappa shape index (κ3) is 3.90. The topological polar surface area (TPSA) is 36.4 Å². The summed E-state index contributed by atoms with van der Waals surface area (Å²) in [5, 5.41) is 8.52. The molecule has 1 aliphatic heterocycles. The number of benzene rings is 1. The molecule has 0 bridgehead atoms. The van der Waals surface area contributed by atoms with E-state index in [9.17, 15) is 0 Å². The van der Waals surface area contributed by atoms with Gasteiger partial charge in [0.15, 0.2) is 5.96 Å². The number of thioether (sulfide) groups is 1. The van der Waals surface area contributed by atoms with Gasteiger partial charge in [0.1, 0.15) is 0 Å². The first-order chi connectivity index (χ1) is 10.7. The summed E-state index contributed by atoms with van der Waals surface area (Å²) in [6, 6.07) is 8.29. The van der Waals surface area contributed by atoms with Crippen LogP contribution >= 0.6 is 23.4 Å². The molecule has 5 heteroatoms. The number of aliphatic imine (C=N–C) groups is 1. The SMILES string of the molecule is CN=C(NCC1CCCS1)NCC1(c2ccc(Cl)cc2)CC1. The summed E-state index contributed by atoms with van der Waals surface area (Å²) in [5.74, 6) is 2.23. The van der Waals surface area contributed by atoms with Gasteiger partial charge >= 0.3 is 0 Å². The van der Waals surface area contributed by atoms with Gasteiger partial charge in [-0.15, -0.1) is 0 Å². The standard InChI is InChI=1S/C17H24ClN3S/c1-19-16(20-11-15-3-2-10-22-15)21-12-17(8-9-17)13-4-6-14(18)7-5-13/h4-7,15H,2-3,8-12H2,1H3,(H2,19,20,21). The lowest BCUT2D eigenvalue weighted by atomic mass is 9.96. The highest BCUT2D eigenvalue weighted by molar-refractivity contribution is 8.00. The zero-order chi connectivity index (χ0) is 15.4. The molecular weight excluding hydrogens is 314 g/mol. The van der Waals surface area contributed by atoms with E-state index in [0.717, 1.165) is 29.3 Å². The molecule has 1 heterocycles. The monoisotopic (exact) mass is 337 g/mol. The van der Waals surface area contributed by atoms with E-state index in [4.69, 9.17) is 11.6 Å². The lowest BCUT2D eigenvalue weighted by Crippen LogP contribution is -2.43. The van der Waals surface area contributed by atoms with Crippen LogP contribution in [0.15, 0.2) is 29.3 Å². The van der Waals surface area contributed by atoms with Crippen LogP contribution in [0.5, 0.6) is 0 Å². The molecule has 22 heavy (non-hydrogen) atoms. The fraction of sp³-hybridized carbons (Fsp3) is 0.588. The Bertz CT molecular complexity index is 519. The first kappa shape index (κ1) is 16.0. The van der Waals surface area contributed by atoms with Crippen LogP contribution in [0.3, 0.4) is 0 Å². The van der Waals surface area contributed by atoms with Crippen molar-refractivity contribution in [1.82, 2.24) is 10.6 Å². The van der Waals surface area contributed by atoms with Crippen LogP contribution < -0.4 is 10.6 Å². The van der Waals surface area contributed by atoms with Crippen molar-refractivity contribution in [2.75, 3.05) is 25.9 Å². The minimum absolute atomic E-state index is 0.268. The molecule has 1 aliphatic carbocycles. The Morgan fingerprint density at radius 1 is 1.32 bits per heavy atom.